The summed E-state index contributed by atoms with van der Waals surface area (Å²) in [5, 5.41) is 4.19. The lowest BCUT2D eigenvalue weighted by Gasteiger charge is -2.33. The normalized spacial score (nSPS) is 18.2. The van der Waals surface area contributed by atoms with E-state index in [9.17, 15) is 9.70 Å². The van der Waals surface area contributed by atoms with Crippen molar-refractivity contribution >= 4 is 29.2 Å². The van der Waals surface area contributed by atoms with E-state index in [0.717, 1.165) is 34.7 Å². The summed E-state index contributed by atoms with van der Waals surface area (Å²) in [6, 6.07) is 9.38. The lowest BCUT2D eigenvalue weighted by atomic mass is 10.1. The maximum Gasteiger partial charge on any atom is 0.410 e. The molecule has 1 amide bonds. The van der Waals surface area contributed by atoms with Crippen molar-refractivity contribution in [2.24, 2.45) is 0 Å². The Kier molecular flexibility index (Phi) is 7.27. The fraction of sp³-hybridized carbons (Fsp3) is 0.500. The van der Waals surface area contributed by atoms with Crippen LogP contribution in [0, 0.1) is 4.91 Å². The van der Waals surface area contributed by atoms with Crippen LogP contribution in [0.3, 0.4) is 0 Å². The number of para-hydroxylation sites is 1. The number of ether oxygens (including phenoxy) is 2. The first-order valence-electron chi connectivity index (χ1n) is 11.4. The number of aromatic nitrogens is 1. The van der Waals surface area contributed by atoms with Crippen molar-refractivity contribution in [3.8, 4) is 0 Å². The van der Waals surface area contributed by atoms with E-state index in [4.69, 9.17) is 14.3 Å². The van der Waals surface area contributed by atoms with Crippen molar-refractivity contribution in [2.45, 2.75) is 62.3 Å². The maximum absolute atomic E-state index is 12.2. The molecule has 34 heavy (non-hydrogen) atoms. The molecule has 2 aromatic rings. The molecule has 1 aromatic heterocycles. The number of rotatable bonds is 6. The van der Waals surface area contributed by atoms with Gasteiger partial charge in [0.15, 0.2) is 7.11 Å². The summed E-state index contributed by atoms with van der Waals surface area (Å²) in [5.41, 5.74) is 2.69. The highest BCUT2D eigenvalue weighted by molar-refractivity contribution is 8.00. The molecular weight excluding hydrogens is 456 g/mol. The summed E-state index contributed by atoms with van der Waals surface area (Å²) in [6.45, 7) is 7.32. The minimum Gasteiger partial charge on any atom is -0.444 e. The molecule has 1 fully saturated rings. The van der Waals surface area contributed by atoms with E-state index < -0.39 is 5.60 Å². The van der Waals surface area contributed by atoms with Crippen LogP contribution in [0.1, 0.15) is 50.1 Å². The van der Waals surface area contributed by atoms with Crippen LogP contribution in [0.5, 0.6) is 0 Å². The Bertz CT molecular complexity index is 1050. The van der Waals surface area contributed by atoms with Gasteiger partial charge in [-0.1, -0.05) is 23.9 Å². The van der Waals surface area contributed by atoms with E-state index >= 15 is 0 Å². The number of nitrogens with zero attached hydrogens (tertiary/aromatic N) is 3. The fourth-order valence-corrected chi connectivity index (χ4v) is 5.01. The molecule has 2 aliphatic heterocycles. The number of carbonyl (C=O) groups is 1. The smallest absolute Gasteiger partial charge is 0.410 e. The first-order chi connectivity index (χ1) is 16.2. The third-order valence-electron chi connectivity index (χ3n) is 5.58. The Labute approximate surface area is 203 Å². The second-order valence-corrected chi connectivity index (χ2v) is 10.4. The number of hydrogen-bond acceptors (Lipinski definition) is 8. The molecule has 0 saturated carbocycles. The van der Waals surface area contributed by atoms with Gasteiger partial charge in [0, 0.05) is 25.4 Å². The summed E-state index contributed by atoms with van der Waals surface area (Å²) in [6.07, 6.45) is 3.20. The zero-order valence-corrected chi connectivity index (χ0v) is 20.8. The number of benzene rings is 1. The van der Waals surface area contributed by atoms with Gasteiger partial charge in [-0.05, 0) is 51.3 Å². The summed E-state index contributed by atoms with van der Waals surface area (Å²) >= 11 is 1.56. The first kappa shape index (κ1) is 24.3. The van der Waals surface area contributed by atoms with E-state index in [1.807, 2.05) is 45.2 Å². The van der Waals surface area contributed by atoms with Crippen LogP contribution in [0.25, 0.3) is 0 Å². The van der Waals surface area contributed by atoms with Gasteiger partial charge in [0.2, 0.25) is 0 Å². The highest BCUT2D eigenvalue weighted by Gasteiger charge is 2.32. The quantitative estimate of drug-likeness (QED) is 0.557. The number of likely N-dealkylation sites (tertiary alicyclic amines) is 1. The van der Waals surface area contributed by atoms with Crippen LogP contribution < -0.4 is 5.32 Å². The maximum atomic E-state index is 12.2. The van der Waals surface area contributed by atoms with Gasteiger partial charge in [0.25, 0.3) is 4.92 Å². The number of piperidine rings is 1. The number of hydrogen-bond donors (Lipinski definition) is 1. The molecule has 182 valence electrons. The lowest BCUT2D eigenvalue weighted by Crippen LogP contribution is -2.43. The minimum absolute atomic E-state index is 0.0889. The first-order valence-corrected chi connectivity index (χ1v) is 12.2. The number of carbonyl (C=O) groups excluding carboxylic acids is 1. The molecule has 1 N–H and O–H groups in total. The molecule has 0 bridgehead atoms. The molecule has 1 atom stereocenters. The molecule has 2 aliphatic rings. The number of anilines is 1. The zero-order valence-electron chi connectivity index (χ0n) is 19.9. The summed E-state index contributed by atoms with van der Waals surface area (Å²) in [4.78, 5) is 36.0. The SMILES string of the molecule is CO[N+](=O)c1ccccc1C1Nc2cc(COC3CCN(C(=O)OC(C)(C)C)CC3)cnc2S1. The standard InChI is InChI=1S/C24H31N4O5S/c1-24(2,3)33-23(29)27-11-9-17(10-12-27)32-15-16-13-19-22(25-14-16)34-21(26-19)18-7-5-6-8-20(18)28(30)31-4/h5-8,13-14,17,21,26H,9-12,15H2,1-4H3/q+1. The Morgan fingerprint density at radius 1 is 1.26 bits per heavy atom. The van der Waals surface area contributed by atoms with Gasteiger partial charge in [0.05, 0.1) is 28.9 Å². The predicted octanol–water partition coefficient (Wildman–Crippen LogP) is 5.19. The summed E-state index contributed by atoms with van der Waals surface area (Å²) < 4.78 is 11.6. The molecule has 4 rings (SSSR count). The van der Waals surface area contributed by atoms with Crippen LogP contribution in [-0.4, -0.2) is 52.8 Å². The Hall–Kier alpha value is -2.85. The number of nitrogens with one attached hydrogen (secondary N) is 1. The highest BCUT2D eigenvalue weighted by Crippen LogP contribution is 2.47. The van der Waals surface area contributed by atoms with Gasteiger partial charge >= 0.3 is 11.8 Å². The van der Waals surface area contributed by atoms with Crippen molar-refractivity contribution in [1.29, 1.82) is 0 Å². The fourth-order valence-electron chi connectivity index (χ4n) is 3.91. The third kappa shape index (κ3) is 5.79. The van der Waals surface area contributed by atoms with E-state index in [0.29, 0.717) is 30.3 Å². The molecule has 1 saturated heterocycles. The molecule has 0 radical (unpaired) electrons. The molecular formula is C24H31N4O5S+. The van der Waals surface area contributed by atoms with Gasteiger partial charge in [-0.3, -0.25) is 0 Å². The van der Waals surface area contributed by atoms with E-state index in [-0.39, 0.29) is 17.6 Å². The monoisotopic (exact) mass is 487 g/mol. The molecule has 1 aromatic carbocycles. The third-order valence-corrected chi connectivity index (χ3v) is 6.74. The predicted molar refractivity (Wildman–Crippen MR) is 129 cm³/mol. The molecule has 3 heterocycles. The second kappa shape index (κ2) is 10.2. The van der Waals surface area contributed by atoms with Gasteiger partial charge in [-0.25, -0.2) is 14.6 Å². The van der Waals surface area contributed by atoms with Gasteiger partial charge in [0.1, 0.15) is 16.0 Å². The van der Waals surface area contributed by atoms with Crippen molar-refractivity contribution in [3.63, 3.8) is 0 Å². The summed E-state index contributed by atoms with van der Waals surface area (Å²) in [5.74, 6) is 0. The van der Waals surface area contributed by atoms with Crippen LogP contribution in [0.15, 0.2) is 41.6 Å². The van der Waals surface area contributed by atoms with Crippen LogP contribution in [0.2, 0.25) is 0 Å². The largest absolute Gasteiger partial charge is 0.444 e. The lowest BCUT2D eigenvalue weighted by molar-refractivity contribution is -0.737. The molecule has 0 aliphatic carbocycles. The molecule has 1 unspecified atom stereocenters. The number of thioether (sulfide) groups is 1. The van der Waals surface area contributed by atoms with Gasteiger partial charge < -0.3 is 19.7 Å². The zero-order chi connectivity index (χ0) is 24.3. The van der Waals surface area contributed by atoms with Crippen LogP contribution >= 0.6 is 11.8 Å². The molecule has 0 spiro atoms. The van der Waals surface area contributed by atoms with Gasteiger partial charge in [-0.15, -0.1) is 0 Å². The van der Waals surface area contributed by atoms with E-state index in [1.54, 1.807) is 28.8 Å². The minimum atomic E-state index is -0.490. The highest BCUT2D eigenvalue weighted by atomic mass is 32.2. The molecule has 9 nitrogen and oxygen atoms in total. The second-order valence-electron chi connectivity index (χ2n) is 9.31. The van der Waals surface area contributed by atoms with E-state index in [2.05, 4.69) is 10.3 Å². The average Bonchev–Trinajstić information content (AvgIpc) is 3.25. The Morgan fingerprint density at radius 2 is 2.00 bits per heavy atom. The van der Waals surface area contributed by atoms with Crippen LogP contribution in [0.4, 0.5) is 16.2 Å². The van der Waals surface area contributed by atoms with Crippen molar-refractivity contribution in [1.82, 2.24) is 9.88 Å². The Balaban J connectivity index is 1.31. The topological polar surface area (TPSA) is 93.0 Å². The summed E-state index contributed by atoms with van der Waals surface area (Å²) in [7, 11) is 1.35. The van der Waals surface area contributed by atoms with E-state index in [1.165, 1.54) is 7.11 Å². The number of pyridine rings is 1. The van der Waals surface area contributed by atoms with Crippen molar-refractivity contribution < 1.29 is 24.0 Å². The number of fused-ring (bicyclic) bond motifs is 1. The van der Waals surface area contributed by atoms with Crippen molar-refractivity contribution in [3.05, 3.63) is 52.6 Å². The average molecular weight is 488 g/mol. The van der Waals surface area contributed by atoms with Crippen molar-refractivity contribution in [2.75, 3.05) is 25.5 Å². The molecule has 10 heteroatoms. The van der Waals surface area contributed by atoms with Crippen LogP contribution in [-0.2, 0) is 20.9 Å². The van der Waals surface area contributed by atoms with Gasteiger partial charge in [-0.2, -0.15) is 0 Å². The number of amides is 1. The Morgan fingerprint density at radius 3 is 2.71 bits per heavy atom.